The predicted octanol–water partition coefficient (Wildman–Crippen LogP) is 1.47. The summed E-state index contributed by atoms with van der Waals surface area (Å²) < 4.78 is 4.74. The third-order valence-electron chi connectivity index (χ3n) is 2.63. The Hall–Kier alpha value is -1.42. The zero-order valence-electron chi connectivity index (χ0n) is 10.0. The summed E-state index contributed by atoms with van der Waals surface area (Å²) >= 11 is 0. The number of pyridine rings is 1. The highest BCUT2D eigenvalue weighted by molar-refractivity contribution is 5.75. The fraction of sp³-hybridized carbons (Fsp3) is 0.500. The van der Waals surface area contributed by atoms with Crippen LogP contribution in [0.4, 0.5) is 0 Å². The highest BCUT2D eigenvalue weighted by atomic mass is 16.5. The molecule has 1 atom stereocenters. The number of hydrogen-bond acceptors (Lipinski definition) is 4. The number of carbonyl (C=O) groups excluding carboxylic acids is 1. The maximum absolute atomic E-state index is 11.4. The number of likely N-dealkylation sites (N-methyl/N-ethyl adjacent to an activating group) is 1. The van der Waals surface area contributed by atoms with Crippen molar-refractivity contribution >= 4 is 5.97 Å². The summed E-state index contributed by atoms with van der Waals surface area (Å²) in [4.78, 5) is 17.4. The van der Waals surface area contributed by atoms with Gasteiger partial charge in [0.15, 0.2) is 0 Å². The summed E-state index contributed by atoms with van der Waals surface area (Å²) in [5.41, 5.74) is 1.15. The molecular formula is C12H18N2O2. The van der Waals surface area contributed by atoms with Gasteiger partial charge in [-0.15, -0.1) is 0 Å². The van der Waals surface area contributed by atoms with Crippen LogP contribution in [-0.4, -0.2) is 35.5 Å². The quantitative estimate of drug-likeness (QED) is 0.707. The van der Waals surface area contributed by atoms with Crippen LogP contribution in [0.2, 0.25) is 0 Å². The van der Waals surface area contributed by atoms with Crippen molar-refractivity contribution in [3.05, 3.63) is 30.1 Å². The van der Waals surface area contributed by atoms with Crippen molar-refractivity contribution in [3.8, 4) is 0 Å². The molecule has 0 fully saturated rings. The minimum atomic E-state index is -0.219. The number of methoxy groups -OCH3 is 1. The number of nitrogens with zero attached hydrogens (tertiary/aromatic N) is 2. The molecule has 88 valence electrons. The van der Waals surface area contributed by atoms with Gasteiger partial charge >= 0.3 is 5.97 Å². The standard InChI is InChI=1S/C12H18N2O2/c1-4-14(10(2)12(15)16-3)9-11-5-7-13-8-6-11/h5-8,10H,4,9H2,1-3H3. The van der Waals surface area contributed by atoms with Gasteiger partial charge < -0.3 is 4.74 Å². The van der Waals surface area contributed by atoms with Gasteiger partial charge in [0.05, 0.1) is 7.11 Å². The molecule has 0 N–H and O–H groups in total. The average molecular weight is 222 g/mol. The first-order chi connectivity index (χ1) is 7.69. The number of ether oxygens (including phenoxy) is 1. The van der Waals surface area contributed by atoms with Gasteiger partial charge in [-0.1, -0.05) is 6.92 Å². The molecule has 1 aromatic rings. The van der Waals surface area contributed by atoms with Gasteiger partial charge in [-0.05, 0) is 31.2 Å². The van der Waals surface area contributed by atoms with E-state index in [0.717, 1.165) is 18.7 Å². The number of esters is 1. The molecule has 1 heterocycles. The lowest BCUT2D eigenvalue weighted by atomic mass is 10.2. The molecule has 0 saturated heterocycles. The summed E-state index contributed by atoms with van der Waals surface area (Å²) in [6.07, 6.45) is 3.51. The molecule has 1 unspecified atom stereocenters. The van der Waals surface area contributed by atoms with E-state index < -0.39 is 0 Å². The Morgan fingerprint density at radius 1 is 1.50 bits per heavy atom. The topological polar surface area (TPSA) is 42.4 Å². The van der Waals surface area contributed by atoms with E-state index in [4.69, 9.17) is 4.74 Å². The van der Waals surface area contributed by atoms with Crippen LogP contribution < -0.4 is 0 Å². The zero-order chi connectivity index (χ0) is 12.0. The molecule has 0 spiro atoms. The van der Waals surface area contributed by atoms with E-state index in [1.165, 1.54) is 7.11 Å². The summed E-state index contributed by atoms with van der Waals surface area (Å²) in [5, 5.41) is 0. The zero-order valence-corrected chi connectivity index (χ0v) is 10.0. The predicted molar refractivity (Wildman–Crippen MR) is 61.8 cm³/mol. The molecule has 0 aliphatic heterocycles. The van der Waals surface area contributed by atoms with Crippen LogP contribution in [-0.2, 0) is 16.1 Å². The number of carbonyl (C=O) groups is 1. The smallest absolute Gasteiger partial charge is 0.322 e. The van der Waals surface area contributed by atoms with Gasteiger partial charge in [0, 0.05) is 18.9 Å². The van der Waals surface area contributed by atoms with E-state index >= 15 is 0 Å². The van der Waals surface area contributed by atoms with E-state index in [2.05, 4.69) is 9.88 Å². The van der Waals surface area contributed by atoms with Gasteiger partial charge in [0.1, 0.15) is 6.04 Å². The van der Waals surface area contributed by atoms with E-state index in [0.29, 0.717) is 0 Å². The van der Waals surface area contributed by atoms with Crippen molar-refractivity contribution in [1.82, 2.24) is 9.88 Å². The van der Waals surface area contributed by atoms with Crippen LogP contribution >= 0.6 is 0 Å². The first-order valence-electron chi connectivity index (χ1n) is 5.39. The summed E-state index contributed by atoms with van der Waals surface area (Å²) in [5.74, 6) is -0.198. The lowest BCUT2D eigenvalue weighted by molar-refractivity contribution is -0.146. The van der Waals surface area contributed by atoms with Crippen molar-refractivity contribution in [3.63, 3.8) is 0 Å². The van der Waals surface area contributed by atoms with Crippen molar-refractivity contribution in [2.75, 3.05) is 13.7 Å². The Morgan fingerprint density at radius 3 is 2.62 bits per heavy atom. The Bertz CT molecular complexity index is 327. The fourth-order valence-electron chi connectivity index (χ4n) is 1.56. The molecule has 0 aromatic carbocycles. The van der Waals surface area contributed by atoms with Crippen LogP contribution in [0.1, 0.15) is 19.4 Å². The van der Waals surface area contributed by atoms with Crippen molar-refractivity contribution in [2.45, 2.75) is 26.4 Å². The van der Waals surface area contributed by atoms with Crippen molar-refractivity contribution in [1.29, 1.82) is 0 Å². The number of rotatable bonds is 5. The maximum Gasteiger partial charge on any atom is 0.322 e. The Kier molecular flexibility index (Phi) is 4.92. The second kappa shape index (κ2) is 6.23. The highest BCUT2D eigenvalue weighted by Crippen LogP contribution is 2.08. The SMILES string of the molecule is CCN(Cc1ccncc1)C(C)C(=O)OC. The Labute approximate surface area is 96.2 Å². The number of aromatic nitrogens is 1. The fourth-order valence-corrected chi connectivity index (χ4v) is 1.56. The lowest BCUT2D eigenvalue weighted by Crippen LogP contribution is -2.39. The van der Waals surface area contributed by atoms with Crippen molar-refractivity contribution < 1.29 is 9.53 Å². The molecule has 0 amide bonds. The molecule has 4 nitrogen and oxygen atoms in total. The van der Waals surface area contributed by atoms with Gasteiger partial charge in [-0.2, -0.15) is 0 Å². The summed E-state index contributed by atoms with van der Waals surface area (Å²) in [7, 11) is 1.42. The minimum Gasteiger partial charge on any atom is -0.468 e. The molecule has 0 aliphatic rings. The number of hydrogen-bond donors (Lipinski definition) is 0. The second-order valence-corrected chi connectivity index (χ2v) is 3.62. The van der Waals surface area contributed by atoms with E-state index in [1.807, 2.05) is 26.0 Å². The summed E-state index contributed by atoms with van der Waals surface area (Å²) in [6.45, 7) is 5.42. The molecule has 0 bridgehead atoms. The lowest BCUT2D eigenvalue weighted by Gasteiger charge is -2.25. The van der Waals surface area contributed by atoms with Crippen LogP contribution in [0.15, 0.2) is 24.5 Å². The third-order valence-corrected chi connectivity index (χ3v) is 2.63. The van der Waals surface area contributed by atoms with Crippen LogP contribution in [0.3, 0.4) is 0 Å². The molecule has 0 radical (unpaired) electrons. The molecule has 0 aliphatic carbocycles. The largest absolute Gasteiger partial charge is 0.468 e. The summed E-state index contributed by atoms with van der Waals surface area (Å²) in [6, 6.07) is 3.68. The molecule has 4 heteroatoms. The van der Waals surface area contributed by atoms with Gasteiger partial charge in [-0.3, -0.25) is 14.7 Å². The second-order valence-electron chi connectivity index (χ2n) is 3.62. The first-order valence-corrected chi connectivity index (χ1v) is 5.39. The minimum absolute atomic E-state index is 0.198. The van der Waals surface area contributed by atoms with Crippen LogP contribution in [0.5, 0.6) is 0 Å². The van der Waals surface area contributed by atoms with Gasteiger partial charge in [0.25, 0.3) is 0 Å². The van der Waals surface area contributed by atoms with Gasteiger partial charge in [0.2, 0.25) is 0 Å². The Morgan fingerprint density at radius 2 is 2.12 bits per heavy atom. The molecule has 1 rings (SSSR count). The highest BCUT2D eigenvalue weighted by Gasteiger charge is 2.20. The molecule has 1 aromatic heterocycles. The van der Waals surface area contributed by atoms with E-state index in [9.17, 15) is 4.79 Å². The molecule has 0 saturated carbocycles. The first kappa shape index (κ1) is 12.6. The van der Waals surface area contributed by atoms with E-state index in [1.54, 1.807) is 12.4 Å². The van der Waals surface area contributed by atoms with Crippen LogP contribution in [0.25, 0.3) is 0 Å². The van der Waals surface area contributed by atoms with Crippen molar-refractivity contribution in [2.24, 2.45) is 0 Å². The molecule has 16 heavy (non-hydrogen) atoms. The normalized spacial score (nSPS) is 12.5. The average Bonchev–Trinajstić information content (AvgIpc) is 2.35. The van der Waals surface area contributed by atoms with Gasteiger partial charge in [-0.25, -0.2) is 0 Å². The Balaban J connectivity index is 2.65. The maximum atomic E-state index is 11.4. The van der Waals surface area contributed by atoms with Crippen LogP contribution in [0, 0.1) is 0 Å². The third kappa shape index (κ3) is 3.31. The van der Waals surface area contributed by atoms with E-state index in [-0.39, 0.29) is 12.0 Å². The monoisotopic (exact) mass is 222 g/mol. The molecular weight excluding hydrogens is 204 g/mol.